The highest BCUT2D eigenvalue weighted by molar-refractivity contribution is 6.31. The summed E-state index contributed by atoms with van der Waals surface area (Å²) in [5, 5.41) is 14.5. The molecule has 3 aromatic rings. The SMILES string of the molecule is Cc1nc2c3c(nn2c(C)c1Cl)CN(C(=O)c1ccc(F)cc1OC1(C)C2CC(F)C1N2CCO)C3. The maximum Gasteiger partial charge on any atom is 0.258 e. The van der Waals surface area contributed by atoms with E-state index in [-0.39, 0.29) is 42.8 Å². The van der Waals surface area contributed by atoms with Crippen molar-refractivity contribution >= 4 is 23.2 Å². The first-order valence-electron chi connectivity index (χ1n) is 12.0. The predicted molar refractivity (Wildman–Crippen MR) is 127 cm³/mol. The number of fused-ring (bicyclic) bond motifs is 4. The number of alkyl halides is 1. The van der Waals surface area contributed by atoms with Gasteiger partial charge in [-0.2, -0.15) is 5.10 Å². The monoisotopic (exact) mass is 517 g/mol. The largest absolute Gasteiger partial charge is 0.483 e. The molecule has 3 fully saturated rings. The molecule has 11 heteroatoms. The fourth-order valence-corrected chi connectivity index (χ4v) is 6.33. The molecule has 1 saturated carbocycles. The number of carbonyl (C=O) groups excluding carboxylic acids is 1. The molecule has 1 aromatic carbocycles. The number of aryl methyl sites for hydroxylation is 2. The molecule has 3 aliphatic heterocycles. The van der Waals surface area contributed by atoms with Crippen LogP contribution in [0.2, 0.25) is 5.02 Å². The van der Waals surface area contributed by atoms with Gasteiger partial charge in [0.05, 0.1) is 59.4 Å². The van der Waals surface area contributed by atoms with E-state index in [1.165, 1.54) is 18.2 Å². The number of aliphatic hydroxyl groups excluding tert-OH is 1. The van der Waals surface area contributed by atoms with Crippen molar-refractivity contribution in [3.05, 3.63) is 57.2 Å². The van der Waals surface area contributed by atoms with E-state index in [0.717, 1.165) is 17.0 Å². The molecule has 0 radical (unpaired) electrons. The minimum Gasteiger partial charge on any atom is -0.483 e. The van der Waals surface area contributed by atoms with Gasteiger partial charge in [-0.05, 0) is 39.3 Å². The first-order chi connectivity index (χ1) is 17.1. The van der Waals surface area contributed by atoms with E-state index in [0.29, 0.717) is 29.5 Å². The van der Waals surface area contributed by atoms with Crippen LogP contribution in [0.3, 0.4) is 0 Å². The van der Waals surface area contributed by atoms with Gasteiger partial charge < -0.3 is 14.7 Å². The van der Waals surface area contributed by atoms with Crippen LogP contribution in [0.15, 0.2) is 18.2 Å². The first kappa shape index (κ1) is 23.6. The average molecular weight is 518 g/mol. The Bertz CT molecular complexity index is 1410. The van der Waals surface area contributed by atoms with Gasteiger partial charge in [-0.25, -0.2) is 18.3 Å². The molecular formula is C25H26ClF2N5O3. The van der Waals surface area contributed by atoms with Crippen molar-refractivity contribution in [3.63, 3.8) is 0 Å². The van der Waals surface area contributed by atoms with Gasteiger partial charge in [-0.3, -0.25) is 9.69 Å². The number of aromatic nitrogens is 3. The number of hydrogen-bond acceptors (Lipinski definition) is 6. The zero-order valence-corrected chi connectivity index (χ0v) is 20.9. The van der Waals surface area contributed by atoms with Gasteiger partial charge in [0, 0.05) is 18.2 Å². The van der Waals surface area contributed by atoms with Gasteiger partial charge >= 0.3 is 0 Å². The fourth-order valence-electron chi connectivity index (χ4n) is 6.21. The highest BCUT2D eigenvalue weighted by Gasteiger charge is 2.69. The van der Waals surface area contributed by atoms with Gasteiger partial charge in [0.25, 0.3) is 5.91 Å². The Balaban J connectivity index is 1.28. The van der Waals surface area contributed by atoms with Gasteiger partial charge in [0.1, 0.15) is 23.3 Å². The van der Waals surface area contributed by atoms with Crippen molar-refractivity contribution in [2.75, 3.05) is 13.2 Å². The Hall–Kier alpha value is -2.82. The average Bonchev–Trinajstić information content (AvgIpc) is 3.55. The van der Waals surface area contributed by atoms with Crippen LogP contribution < -0.4 is 4.74 Å². The molecule has 4 aliphatic rings. The third-order valence-corrected chi connectivity index (χ3v) is 8.45. The van der Waals surface area contributed by atoms with Crippen LogP contribution in [0, 0.1) is 19.7 Å². The third-order valence-electron chi connectivity index (χ3n) is 7.90. The molecule has 7 rings (SSSR count). The van der Waals surface area contributed by atoms with E-state index in [1.54, 1.807) is 16.3 Å². The zero-order valence-electron chi connectivity index (χ0n) is 20.1. The summed E-state index contributed by atoms with van der Waals surface area (Å²) in [6.45, 7) is 6.30. The minimum absolute atomic E-state index is 0.0846. The van der Waals surface area contributed by atoms with E-state index >= 15 is 0 Å². The number of amides is 1. The lowest BCUT2D eigenvalue weighted by Gasteiger charge is -2.55. The molecule has 1 aliphatic carbocycles. The molecule has 4 atom stereocenters. The summed E-state index contributed by atoms with van der Waals surface area (Å²) in [5.74, 6) is -0.788. The lowest BCUT2D eigenvalue weighted by molar-refractivity contribution is -0.145. The van der Waals surface area contributed by atoms with Crippen LogP contribution >= 0.6 is 11.6 Å². The number of aliphatic hydroxyl groups is 1. The van der Waals surface area contributed by atoms with Crippen molar-refractivity contribution in [1.29, 1.82) is 0 Å². The Morgan fingerprint density at radius 3 is 2.81 bits per heavy atom. The topological polar surface area (TPSA) is 83.2 Å². The van der Waals surface area contributed by atoms with Crippen molar-refractivity contribution in [2.24, 2.45) is 0 Å². The number of rotatable bonds is 5. The van der Waals surface area contributed by atoms with Gasteiger partial charge in [-0.15, -0.1) is 0 Å². The van der Waals surface area contributed by atoms with E-state index < -0.39 is 23.6 Å². The standard InChI is InChI=1S/C25H26ClF2N5O3/c1-12-21(26)13(2)33-23(29-12)16-10-31(11-18(16)30-33)24(35)15-5-4-14(27)8-19(15)36-25(3)20-9-17(28)22(25)32(20)6-7-34/h4-5,8,17,20,22,34H,6-7,9-11H2,1-3H3. The summed E-state index contributed by atoms with van der Waals surface area (Å²) in [6.07, 6.45) is -0.839. The maximum absolute atomic E-state index is 14.7. The van der Waals surface area contributed by atoms with Crippen molar-refractivity contribution in [1.82, 2.24) is 24.4 Å². The Morgan fingerprint density at radius 2 is 2.11 bits per heavy atom. The fraction of sp³-hybridized carbons (Fsp3) is 0.480. The predicted octanol–water partition coefficient (Wildman–Crippen LogP) is 3.22. The van der Waals surface area contributed by atoms with Crippen LogP contribution in [0.25, 0.3) is 5.65 Å². The van der Waals surface area contributed by atoms with Gasteiger partial charge in [0.15, 0.2) is 5.65 Å². The van der Waals surface area contributed by atoms with Crippen LogP contribution in [0.4, 0.5) is 8.78 Å². The second kappa shape index (κ2) is 8.09. The molecule has 36 heavy (non-hydrogen) atoms. The number of carbonyl (C=O) groups is 1. The zero-order chi connectivity index (χ0) is 25.5. The van der Waals surface area contributed by atoms with Crippen molar-refractivity contribution in [2.45, 2.75) is 64.1 Å². The summed E-state index contributed by atoms with van der Waals surface area (Å²) in [5.41, 5.74) is 2.99. The third kappa shape index (κ3) is 3.20. The van der Waals surface area contributed by atoms with Crippen molar-refractivity contribution in [3.8, 4) is 5.75 Å². The summed E-state index contributed by atoms with van der Waals surface area (Å²) >= 11 is 6.33. The molecule has 2 bridgehead atoms. The van der Waals surface area contributed by atoms with Crippen LogP contribution in [-0.4, -0.2) is 72.4 Å². The number of halogens is 3. The van der Waals surface area contributed by atoms with Crippen LogP contribution in [-0.2, 0) is 13.1 Å². The van der Waals surface area contributed by atoms with Crippen LogP contribution in [0.5, 0.6) is 5.75 Å². The summed E-state index contributed by atoms with van der Waals surface area (Å²) < 4.78 is 36.9. The second-order valence-corrected chi connectivity index (χ2v) is 10.4. The summed E-state index contributed by atoms with van der Waals surface area (Å²) in [6, 6.07) is 2.99. The number of ether oxygens (including phenoxy) is 1. The molecule has 4 unspecified atom stereocenters. The molecule has 2 saturated heterocycles. The first-order valence-corrected chi connectivity index (χ1v) is 12.3. The quantitative estimate of drug-likeness (QED) is 0.559. The van der Waals surface area contributed by atoms with E-state index in [9.17, 15) is 18.7 Å². The maximum atomic E-state index is 14.7. The molecule has 5 heterocycles. The highest BCUT2D eigenvalue weighted by Crippen LogP contribution is 2.52. The molecule has 190 valence electrons. The molecule has 1 amide bonds. The summed E-state index contributed by atoms with van der Waals surface area (Å²) in [7, 11) is 0. The van der Waals surface area contributed by atoms with E-state index in [2.05, 4.69) is 10.1 Å². The van der Waals surface area contributed by atoms with Gasteiger partial charge in [-0.1, -0.05) is 11.6 Å². The molecule has 1 N–H and O–H groups in total. The normalized spacial score (nSPS) is 27.0. The van der Waals surface area contributed by atoms with E-state index in [1.807, 2.05) is 18.7 Å². The Kier molecular flexibility index (Phi) is 5.30. The minimum atomic E-state index is -1.11. The van der Waals surface area contributed by atoms with Crippen LogP contribution in [0.1, 0.15) is 46.3 Å². The molecule has 8 nitrogen and oxygen atoms in total. The second-order valence-electron chi connectivity index (χ2n) is 10.0. The smallest absolute Gasteiger partial charge is 0.258 e. The lowest BCUT2D eigenvalue weighted by atomic mass is 9.83. The number of hydrogen-bond donors (Lipinski definition) is 1. The Morgan fingerprint density at radius 1 is 1.33 bits per heavy atom. The van der Waals surface area contributed by atoms with Crippen molar-refractivity contribution < 1.29 is 23.4 Å². The number of nitrogens with zero attached hydrogens (tertiary/aromatic N) is 5. The van der Waals surface area contributed by atoms with Gasteiger partial charge in [0.2, 0.25) is 0 Å². The molecule has 0 spiro atoms. The molecular weight excluding hydrogens is 492 g/mol. The van der Waals surface area contributed by atoms with E-state index in [4.69, 9.17) is 16.3 Å². The summed E-state index contributed by atoms with van der Waals surface area (Å²) in [4.78, 5) is 21.7. The highest BCUT2D eigenvalue weighted by atomic mass is 35.5. The number of benzene rings is 1. The Labute approximate surface area is 211 Å². The lowest BCUT2D eigenvalue weighted by Crippen LogP contribution is -2.73. The molecule has 2 aromatic heterocycles.